The highest BCUT2D eigenvalue weighted by atomic mass is 16.6. The fraction of sp³-hybridized carbons (Fsp3) is 0.286. The molecule has 70 valence electrons. The lowest BCUT2D eigenvalue weighted by atomic mass is 10.0. The van der Waals surface area contributed by atoms with Crippen LogP contribution in [0, 0.1) is 10.1 Å². The highest BCUT2D eigenvalue weighted by Crippen LogP contribution is 2.21. The molecule has 0 aromatic heterocycles. The van der Waals surface area contributed by atoms with E-state index in [0.717, 1.165) is 6.08 Å². The third-order valence-electron chi connectivity index (χ3n) is 1.77. The Balaban J connectivity index is 3.05. The number of aliphatic carboxylic acids is 1. The van der Waals surface area contributed by atoms with Crippen molar-refractivity contribution in [2.45, 2.75) is 12.8 Å². The van der Waals surface area contributed by atoms with Crippen LogP contribution in [-0.4, -0.2) is 16.0 Å². The summed E-state index contributed by atoms with van der Waals surface area (Å²) >= 11 is 0. The van der Waals surface area contributed by atoms with E-state index >= 15 is 0 Å². The maximum absolute atomic E-state index is 10.5. The van der Waals surface area contributed by atoms with Gasteiger partial charge in [-0.2, -0.15) is 0 Å². The van der Waals surface area contributed by atoms with Gasteiger partial charge in [0.2, 0.25) is 5.70 Å². The maximum atomic E-state index is 10.5. The van der Waals surface area contributed by atoms with E-state index in [2.05, 4.69) is 0 Å². The molecule has 0 aromatic carbocycles. The monoisotopic (exact) mass is 184 g/mol. The lowest BCUT2D eigenvalue weighted by molar-refractivity contribution is -0.428. The summed E-state index contributed by atoms with van der Waals surface area (Å²) in [6, 6.07) is 0. The van der Waals surface area contributed by atoms with Crippen molar-refractivity contribution in [2.24, 2.45) is 5.73 Å². The van der Waals surface area contributed by atoms with Gasteiger partial charge in [-0.3, -0.25) is 10.1 Å². The number of allylic oxidation sites excluding steroid dienone is 2. The third kappa shape index (κ3) is 1.84. The van der Waals surface area contributed by atoms with Gasteiger partial charge in [0, 0.05) is 18.2 Å². The second-order valence-corrected chi connectivity index (χ2v) is 2.64. The topological polar surface area (TPSA) is 106 Å². The summed E-state index contributed by atoms with van der Waals surface area (Å²) < 4.78 is 0. The van der Waals surface area contributed by atoms with Crippen molar-refractivity contribution in [3.05, 3.63) is 33.2 Å². The molecular formula is C7H8N2O4. The average Bonchev–Trinajstić information content (AvgIpc) is 2.04. The van der Waals surface area contributed by atoms with Crippen molar-refractivity contribution in [1.82, 2.24) is 0 Å². The Morgan fingerprint density at radius 2 is 2.23 bits per heavy atom. The Morgan fingerprint density at radius 1 is 1.62 bits per heavy atom. The van der Waals surface area contributed by atoms with E-state index in [1.165, 1.54) is 0 Å². The van der Waals surface area contributed by atoms with Crippen LogP contribution in [0.1, 0.15) is 12.8 Å². The second kappa shape index (κ2) is 3.26. The molecule has 0 unspecified atom stereocenters. The number of carbonyl (C=O) groups is 1. The van der Waals surface area contributed by atoms with E-state index in [0.29, 0.717) is 0 Å². The van der Waals surface area contributed by atoms with Crippen molar-refractivity contribution in [3.63, 3.8) is 0 Å². The van der Waals surface area contributed by atoms with E-state index in [4.69, 9.17) is 10.8 Å². The average molecular weight is 184 g/mol. The molecule has 0 saturated carbocycles. The highest BCUT2D eigenvalue weighted by molar-refractivity contribution is 5.91. The number of nitrogens with two attached hydrogens (primary N) is 1. The smallest absolute Gasteiger partial charge is 0.337 e. The minimum atomic E-state index is -1.23. The lowest BCUT2D eigenvalue weighted by Gasteiger charge is -2.09. The number of rotatable bonds is 2. The zero-order valence-corrected chi connectivity index (χ0v) is 6.69. The Bertz CT molecular complexity index is 329. The Morgan fingerprint density at radius 3 is 2.69 bits per heavy atom. The Hall–Kier alpha value is -1.85. The highest BCUT2D eigenvalue weighted by Gasteiger charge is 2.22. The quantitative estimate of drug-likeness (QED) is 0.472. The minimum absolute atomic E-state index is 0.105. The number of nitrogens with zero attached hydrogens (tertiary/aromatic N) is 1. The van der Waals surface area contributed by atoms with Crippen molar-refractivity contribution >= 4 is 5.97 Å². The molecule has 1 rings (SSSR count). The molecule has 0 spiro atoms. The van der Waals surface area contributed by atoms with E-state index in [9.17, 15) is 14.9 Å². The first-order valence-corrected chi connectivity index (χ1v) is 3.59. The largest absolute Gasteiger partial charge is 0.478 e. The van der Waals surface area contributed by atoms with Crippen molar-refractivity contribution in [3.8, 4) is 0 Å². The van der Waals surface area contributed by atoms with Gasteiger partial charge in [0.1, 0.15) is 0 Å². The summed E-state index contributed by atoms with van der Waals surface area (Å²) in [7, 11) is 0. The molecule has 0 saturated heterocycles. The number of hydrogen-bond donors (Lipinski definition) is 2. The van der Waals surface area contributed by atoms with Crippen LogP contribution in [0.25, 0.3) is 0 Å². The lowest BCUT2D eigenvalue weighted by Crippen LogP contribution is -2.15. The molecule has 0 radical (unpaired) electrons. The summed E-state index contributed by atoms with van der Waals surface area (Å²) in [5.74, 6) is -1.23. The van der Waals surface area contributed by atoms with Gasteiger partial charge >= 0.3 is 5.97 Å². The van der Waals surface area contributed by atoms with Crippen molar-refractivity contribution in [2.75, 3.05) is 0 Å². The minimum Gasteiger partial charge on any atom is -0.478 e. The van der Waals surface area contributed by atoms with E-state index in [1.807, 2.05) is 0 Å². The molecule has 3 N–H and O–H groups in total. The van der Waals surface area contributed by atoms with Gasteiger partial charge in [-0.25, -0.2) is 4.79 Å². The molecule has 6 nitrogen and oxygen atoms in total. The van der Waals surface area contributed by atoms with Crippen LogP contribution in [-0.2, 0) is 4.79 Å². The molecule has 0 aromatic rings. The Kier molecular flexibility index (Phi) is 2.32. The SMILES string of the molecule is NC1=C(C(=O)O)C=C([N+](=O)[O-])CC1. The predicted molar refractivity (Wildman–Crippen MR) is 43.2 cm³/mol. The molecule has 0 atom stereocenters. The van der Waals surface area contributed by atoms with E-state index < -0.39 is 10.9 Å². The summed E-state index contributed by atoms with van der Waals surface area (Å²) in [6.07, 6.45) is 1.44. The van der Waals surface area contributed by atoms with Crippen molar-refractivity contribution < 1.29 is 14.8 Å². The molecule has 0 bridgehead atoms. The van der Waals surface area contributed by atoms with Crippen LogP contribution in [0.2, 0.25) is 0 Å². The molecule has 0 aliphatic heterocycles. The first-order chi connectivity index (χ1) is 6.02. The predicted octanol–water partition coefficient (Wildman–Crippen LogP) is 0.238. The van der Waals surface area contributed by atoms with Gasteiger partial charge in [-0.05, 0) is 6.42 Å². The molecule has 0 fully saturated rings. The summed E-state index contributed by atoms with van der Waals surface area (Å²) in [6.45, 7) is 0. The van der Waals surface area contributed by atoms with Crippen LogP contribution in [0.3, 0.4) is 0 Å². The van der Waals surface area contributed by atoms with Gasteiger partial charge < -0.3 is 10.8 Å². The first kappa shape index (κ1) is 9.24. The fourth-order valence-corrected chi connectivity index (χ4v) is 1.07. The van der Waals surface area contributed by atoms with Gasteiger partial charge in [0.15, 0.2) is 0 Å². The number of hydrogen-bond acceptors (Lipinski definition) is 4. The standard InChI is InChI=1S/C7H8N2O4/c8-6-2-1-4(9(12)13)3-5(6)7(10)11/h3H,1-2,8H2,(H,10,11). The normalized spacial score (nSPS) is 16.8. The van der Waals surface area contributed by atoms with Gasteiger partial charge in [0.25, 0.3) is 0 Å². The van der Waals surface area contributed by atoms with Crippen LogP contribution in [0.5, 0.6) is 0 Å². The van der Waals surface area contributed by atoms with Gasteiger partial charge in [-0.15, -0.1) is 0 Å². The molecule has 1 aliphatic rings. The van der Waals surface area contributed by atoms with Crippen LogP contribution >= 0.6 is 0 Å². The fourth-order valence-electron chi connectivity index (χ4n) is 1.07. The number of carboxylic acids is 1. The van der Waals surface area contributed by atoms with Crippen molar-refractivity contribution in [1.29, 1.82) is 0 Å². The molecule has 0 amide bonds. The molecule has 13 heavy (non-hydrogen) atoms. The van der Waals surface area contributed by atoms with E-state index in [-0.39, 0.29) is 29.8 Å². The zero-order chi connectivity index (χ0) is 10.0. The summed E-state index contributed by atoms with van der Waals surface area (Å²) in [5.41, 5.74) is 5.29. The second-order valence-electron chi connectivity index (χ2n) is 2.64. The van der Waals surface area contributed by atoms with E-state index in [1.54, 1.807) is 0 Å². The van der Waals surface area contributed by atoms with Crippen LogP contribution in [0.4, 0.5) is 0 Å². The van der Waals surface area contributed by atoms with Gasteiger partial charge in [-0.1, -0.05) is 0 Å². The Labute approximate surface area is 73.5 Å². The zero-order valence-electron chi connectivity index (χ0n) is 6.69. The maximum Gasteiger partial charge on any atom is 0.337 e. The van der Waals surface area contributed by atoms with Crippen LogP contribution in [0.15, 0.2) is 23.0 Å². The molecular weight excluding hydrogens is 176 g/mol. The first-order valence-electron chi connectivity index (χ1n) is 3.59. The van der Waals surface area contributed by atoms with Crippen LogP contribution < -0.4 is 5.73 Å². The molecule has 1 aliphatic carbocycles. The number of carboxylic acid groups (broad SMARTS) is 1. The molecule has 6 heteroatoms. The number of nitro groups is 1. The summed E-state index contributed by atoms with van der Waals surface area (Å²) in [5, 5.41) is 18.9. The summed E-state index contributed by atoms with van der Waals surface area (Å²) in [4.78, 5) is 20.3. The molecule has 0 heterocycles. The third-order valence-corrected chi connectivity index (χ3v) is 1.77. The van der Waals surface area contributed by atoms with Gasteiger partial charge in [0.05, 0.1) is 10.5 Å².